The van der Waals surface area contributed by atoms with Crippen molar-refractivity contribution in [3.8, 4) is 27.6 Å². The molecular formula is C15H10ClNOS. The number of nitrogens with zero attached hydrogens (tertiary/aromatic N) is 1. The van der Waals surface area contributed by atoms with Crippen LogP contribution in [0.5, 0.6) is 5.75 Å². The molecule has 0 unspecified atom stereocenters. The molecule has 0 saturated heterocycles. The number of rotatable bonds is 2. The van der Waals surface area contributed by atoms with Gasteiger partial charge in [0, 0.05) is 21.5 Å². The van der Waals surface area contributed by atoms with Gasteiger partial charge in [-0.15, -0.1) is 11.3 Å². The normalized spacial score (nSPS) is 10.6. The van der Waals surface area contributed by atoms with Crippen LogP contribution in [-0.4, -0.2) is 10.1 Å². The zero-order valence-electron chi connectivity index (χ0n) is 9.88. The van der Waals surface area contributed by atoms with E-state index in [4.69, 9.17) is 11.6 Å². The first-order valence-electron chi connectivity index (χ1n) is 5.73. The second-order valence-electron chi connectivity index (χ2n) is 4.10. The van der Waals surface area contributed by atoms with Gasteiger partial charge in [-0.2, -0.15) is 0 Å². The van der Waals surface area contributed by atoms with Crippen molar-refractivity contribution in [1.29, 1.82) is 0 Å². The number of hydrogen-bond donors (Lipinski definition) is 1. The quantitative estimate of drug-likeness (QED) is 0.732. The van der Waals surface area contributed by atoms with E-state index in [0.29, 0.717) is 5.02 Å². The average Bonchev–Trinajstić information content (AvgIpc) is 2.88. The topological polar surface area (TPSA) is 33.1 Å². The Balaban J connectivity index is 2.00. The fraction of sp³-hybridized carbons (Fsp3) is 0. The summed E-state index contributed by atoms with van der Waals surface area (Å²) < 4.78 is 0. The lowest BCUT2D eigenvalue weighted by Gasteiger charge is -1.98. The van der Waals surface area contributed by atoms with Gasteiger partial charge in [0.15, 0.2) is 0 Å². The number of phenolic OH excluding ortho intramolecular Hbond substituents is 1. The summed E-state index contributed by atoms with van der Waals surface area (Å²) in [5.41, 5.74) is 2.80. The van der Waals surface area contributed by atoms with E-state index in [1.165, 1.54) is 0 Å². The van der Waals surface area contributed by atoms with Crippen LogP contribution >= 0.6 is 22.9 Å². The van der Waals surface area contributed by atoms with Crippen LogP contribution in [0.15, 0.2) is 53.9 Å². The van der Waals surface area contributed by atoms with Gasteiger partial charge in [-0.05, 0) is 24.3 Å². The van der Waals surface area contributed by atoms with E-state index >= 15 is 0 Å². The fourth-order valence-corrected chi connectivity index (χ4v) is 2.84. The van der Waals surface area contributed by atoms with Crippen molar-refractivity contribution in [2.75, 3.05) is 0 Å². The minimum absolute atomic E-state index is 0.247. The predicted molar refractivity (Wildman–Crippen MR) is 79.7 cm³/mol. The Kier molecular flexibility index (Phi) is 3.23. The molecule has 0 saturated carbocycles. The zero-order valence-corrected chi connectivity index (χ0v) is 11.4. The standard InChI is InChI=1S/C15H10ClNOS/c16-12-5-1-3-10(7-12)14-9-19-15(17-14)11-4-2-6-13(18)8-11/h1-9,18H. The highest BCUT2D eigenvalue weighted by Gasteiger charge is 2.07. The lowest BCUT2D eigenvalue weighted by molar-refractivity contribution is 0.475. The number of thiazole rings is 1. The molecule has 1 N–H and O–H groups in total. The summed E-state index contributed by atoms with van der Waals surface area (Å²) in [6, 6.07) is 14.7. The molecule has 0 aliphatic heterocycles. The number of aromatic hydroxyl groups is 1. The van der Waals surface area contributed by atoms with Crippen molar-refractivity contribution in [1.82, 2.24) is 4.98 Å². The van der Waals surface area contributed by atoms with Crippen LogP contribution in [0.2, 0.25) is 5.02 Å². The highest BCUT2D eigenvalue weighted by Crippen LogP contribution is 2.31. The van der Waals surface area contributed by atoms with Gasteiger partial charge in [0.2, 0.25) is 0 Å². The van der Waals surface area contributed by atoms with Gasteiger partial charge in [-0.1, -0.05) is 35.9 Å². The zero-order chi connectivity index (χ0) is 13.2. The van der Waals surface area contributed by atoms with Crippen LogP contribution in [0.1, 0.15) is 0 Å². The van der Waals surface area contributed by atoms with E-state index in [1.807, 2.05) is 41.8 Å². The molecule has 1 aromatic heterocycles. The maximum atomic E-state index is 9.49. The Labute approximate surface area is 120 Å². The maximum absolute atomic E-state index is 9.49. The molecule has 94 valence electrons. The van der Waals surface area contributed by atoms with E-state index in [2.05, 4.69) is 4.98 Å². The molecule has 3 aromatic rings. The van der Waals surface area contributed by atoms with E-state index in [1.54, 1.807) is 23.5 Å². The number of phenols is 1. The summed E-state index contributed by atoms with van der Waals surface area (Å²) in [6.45, 7) is 0. The summed E-state index contributed by atoms with van der Waals surface area (Å²) in [7, 11) is 0. The highest BCUT2D eigenvalue weighted by molar-refractivity contribution is 7.13. The molecule has 0 aliphatic rings. The number of halogens is 1. The van der Waals surface area contributed by atoms with Crippen LogP contribution in [0, 0.1) is 0 Å². The fourth-order valence-electron chi connectivity index (χ4n) is 1.83. The number of benzene rings is 2. The Hall–Kier alpha value is -1.84. The molecule has 3 rings (SSSR count). The van der Waals surface area contributed by atoms with Crippen LogP contribution in [0.3, 0.4) is 0 Å². The summed E-state index contributed by atoms with van der Waals surface area (Å²) >= 11 is 7.53. The smallest absolute Gasteiger partial charge is 0.124 e. The molecule has 2 nitrogen and oxygen atoms in total. The summed E-state index contributed by atoms with van der Waals surface area (Å²) in [6.07, 6.45) is 0. The molecule has 0 amide bonds. The predicted octanol–water partition coefficient (Wildman–Crippen LogP) is 4.84. The van der Waals surface area contributed by atoms with Crippen LogP contribution in [0.25, 0.3) is 21.8 Å². The van der Waals surface area contributed by atoms with E-state index in [0.717, 1.165) is 21.8 Å². The minimum Gasteiger partial charge on any atom is -0.508 e. The number of hydrogen-bond acceptors (Lipinski definition) is 3. The van der Waals surface area contributed by atoms with Gasteiger partial charge in [0.05, 0.1) is 5.69 Å². The lowest BCUT2D eigenvalue weighted by Crippen LogP contribution is -1.79. The molecule has 0 radical (unpaired) electrons. The lowest BCUT2D eigenvalue weighted by atomic mass is 10.2. The summed E-state index contributed by atoms with van der Waals surface area (Å²) in [5.74, 6) is 0.247. The first-order chi connectivity index (χ1) is 9.22. The molecule has 19 heavy (non-hydrogen) atoms. The molecule has 1 heterocycles. The maximum Gasteiger partial charge on any atom is 0.124 e. The molecule has 0 aliphatic carbocycles. The second-order valence-corrected chi connectivity index (χ2v) is 5.39. The monoisotopic (exact) mass is 287 g/mol. The first-order valence-corrected chi connectivity index (χ1v) is 6.99. The largest absolute Gasteiger partial charge is 0.508 e. The van der Waals surface area contributed by atoms with Crippen molar-refractivity contribution in [2.24, 2.45) is 0 Å². The summed E-state index contributed by atoms with van der Waals surface area (Å²) in [4.78, 5) is 4.58. The molecule has 0 bridgehead atoms. The Morgan fingerprint density at radius 3 is 2.58 bits per heavy atom. The third kappa shape index (κ3) is 2.62. The first kappa shape index (κ1) is 12.2. The molecule has 0 atom stereocenters. The van der Waals surface area contributed by atoms with Gasteiger partial charge in [0.1, 0.15) is 10.8 Å². The van der Waals surface area contributed by atoms with Gasteiger partial charge < -0.3 is 5.11 Å². The van der Waals surface area contributed by atoms with Gasteiger partial charge in [-0.3, -0.25) is 0 Å². The SMILES string of the molecule is Oc1cccc(-c2nc(-c3cccc(Cl)c3)cs2)c1. The molecular weight excluding hydrogens is 278 g/mol. The van der Waals surface area contributed by atoms with Gasteiger partial charge in [0.25, 0.3) is 0 Å². The third-order valence-corrected chi connectivity index (χ3v) is 3.84. The van der Waals surface area contributed by atoms with E-state index < -0.39 is 0 Å². The Bertz CT molecular complexity index is 663. The Morgan fingerprint density at radius 2 is 1.79 bits per heavy atom. The second kappa shape index (κ2) is 5.03. The van der Waals surface area contributed by atoms with Crippen molar-refractivity contribution in [3.63, 3.8) is 0 Å². The molecule has 2 aromatic carbocycles. The van der Waals surface area contributed by atoms with E-state index in [-0.39, 0.29) is 5.75 Å². The molecule has 0 spiro atoms. The van der Waals surface area contributed by atoms with E-state index in [9.17, 15) is 5.11 Å². The average molecular weight is 288 g/mol. The van der Waals surface area contributed by atoms with Crippen molar-refractivity contribution in [2.45, 2.75) is 0 Å². The Morgan fingerprint density at radius 1 is 1.00 bits per heavy atom. The van der Waals surface area contributed by atoms with Crippen molar-refractivity contribution < 1.29 is 5.11 Å². The highest BCUT2D eigenvalue weighted by atomic mass is 35.5. The van der Waals surface area contributed by atoms with Crippen molar-refractivity contribution >= 4 is 22.9 Å². The van der Waals surface area contributed by atoms with Crippen LogP contribution in [0.4, 0.5) is 0 Å². The van der Waals surface area contributed by atoms with Crippen LogP contribution in [-0.2, 0) is 0 Å². The van der Waals surface area contributed by atoms with Gasteiger partial charge >= 0.3 is 0 Å². The summed E-state index contributed by atoms with van der Waals surface area (Å²) in [5, 5.41) is 13.1. The molecule has 0 fully saturated rings. The molecule has 4 heteroatoms. The number of aromatic nitrogens is 1. The van der Waals surface area contributed by atoms with Crippen molar-refractivity contribution in [3.05, 3.63) is 58.9 Å². The van der Waals surface area contributed by atoms with Gasteiger partial charge in [-0.25, -0.2) is 4.98 Å². The third-order valence-electron chi connectivity index (χ3n) is 2.72. The van der Waals surface area contributed by atoms with Crippen LogP contribution < -0.4 is 0 Å². The minimum atomic E-state index is 0.247.